The second-order valence-corrected chi connectivity index (χ2v) is 3.88. The number of hydrogen-bond donors (Lipinski definition) is 1. The van der Waals surface area contributed by atoms with Crippen LogP contribution in [0.3, 0.4) is 0 Å². The zero-order chi connectivity index (χ0) is 10.0. The highest BCUT2D eigenvalue weighted by atomic mass is 35.5. The zero-order valence-corrected chi connectivity index (χ0v) is 9.00. The van der Waals surface area contributed by atoms with Crippen LogP contribution in [-0.4, -0.2) is 17.3 Å². The molecule has 0 radical (unpaired) electrons. The Morgan fingerprint density at radius 2 is 2.08 bits per heavy atom. The minimum Gasteiger partial charge on any atom is -0.478 e. The van der Waals surface area contributed by atoms with Gasteiger partial charge in [-0.25, -0.2) is 4.79 Å². The highest BCUT2D eigenvalue weighted by Crippen LogP contribution is 2.32. The van der Waals surface area contributed by atoms with Crippen LogP contribution < -0.4 is 0 Å². The SMILES string of the molecule is CSc1ccc(Cl)c(C(=O)O)c1Cl. The molecule has 1 N–H and O–H groups in total. The Bertz CT molecular complexity index is 352. The Labute approximate surface area is 89.8 Å². The largest absolute Gasteiger partial charge is 0.478 e. The normalized spacial score (nSPS) is 10.1. The van der Waals surface area contributed by atoms with E-state index in [2.05, 4.69) is 0 Å². The average Bonchev–Trinajstić information content (AvgIpc) is 2.04. The monoisotopic (exact) mass is 236 g/mol. The first-order chi connectivity index (χ1) is 6.07. The van der Waals surface area contributed by atoms with Gasteiger partial charge in [-0.3, -0.25) is 0 Å². The lowest BCUT2D eigenvalue weighted by molar-refractivity contribution is 0.0697. The lowest BCUT2D eigenvalue weighted by atomic mass is 10.2. The van der Waals surface area contributed by atoms with E-state index in [0.29, 0.717) is 4.90 Å². The Kier molecular flexibility index (Phi) is 3.47. The predicted octanol–water partition coefficient (Wildman–Crippen LogP) is 3.41. The number of carboxylic acids is 1. The first-order valence-electron chi connectivity index (χ1n) is 3.33. The number of hydrogen-bond acceptors (Lipinski definition) is 2. The maximum absolute atomic E-state index is 10.7. The number of carboxylic acid groups (broad SMARTS) is 1. The van der Waals surface area contributed by atoms with Crippen LogP contribution in [0.5, 0.6) is 0 Å². The first kappa shape index (κ1) is 10.7. The van der Waals surface area contributed by atoms with Gasteiger partial charge in [-0.2, -0.15) is 0 Å². The van der Waals surface area contributed by atoms with Gasteiger partial charge in [-0.15, -0.1) is 11.8 Å². The van der Waals surface area contributed by atoms with E-state index in [9.17, 15) is 4.79 Å². The van der Waals surface area contributed by atoms with Crippen molar-refractivity contribution in [2.24, 2.45) is 0 Å². The van der Waals surface area contributed by atoms with E-state index in [4.69, 9.17) is 28.3 Å². The van der Waals surface area contributed by atoms with Crippen LogP contribution in [0.1, 0.15) is 10.4 Å². The minimum absolute atomic E-state index is 0.0322. The third kappa shape index (κ3) is 2.10. The standard InChI is InChI=1S/C8H6Cl2O2S/c1-13-5-3-2-4(9)6(7(5)10)8(11)12/h2-3H,1H3,(H,11,12). The summed E-state index contributed by atoms with van der Waals surface area (Å²) >= 11 is 12.9. The van der Waals surface area contributed by atoms with Crippen LogP contribution in [0, 0.1) is 0 Å². The lowest BCUT2D eigenvalue weighted by Gasteiger charge is -2.05. The maximum Gasteiger partial charge on any atom is 0.338 e. The fourth-order valence-corrected chi connectivity index (χ4v) is 2.14. The molecule has 1 rings (SSSR count). The molecule has 0 aliphatic rings. The van der Waals surface area contributed by atoms with Crippen molar-refractivity contribution >= 4 is 40.9 Å². The number of rotatable bonds is 2. The Balaban J connectivity index is 3.38. The summed E-state index contributed by atoms with van der Waals surface area (Å²) in [5, 5.41) is 9.15. The van der Waals surface area contributed by atoms with Crippen LogP contribution in [-0.2, 0) is 0 Å². The molecule has 0 spiro atoms. The van der Waals surface area contributed by atoms with Crippen molar-refractivity contribution in [1.82, 2.24) is 0 Å². The molecule has 0 atom stereocenters. The van der Waals surface area contributed by atoms with Crippen molar-refractivity contribution in [3.8, 4) is 0 Å². The summed E-state index contributed by atoms with van der Waals surface area (Å²) in [6.07, 6.45) is 1.82. The quantitative estimate of drug-likeness (QED) is 0.801. The molecule has 0 aromatic heterocycles. The van der Waals surface area contributed by atoms with Crippen molar-refractivity contribution in [2.75, 3.05) is 6.26 Å². The molecule has 0 bridgehead atoms. The smallest absolute Gasteiger partial charge is 0.338 e. The molecule has 2 nitrogen and oxygen atoms in total. The molecule has 0 unspecified atom stereocenters. The van der Waals surface area contributed by atoms with Crippen LogP contribution in [0.15, 0.2) is 17.0 Å². The van der Waals surface area contributed by atoms with Crippen molar-refractivity contribution < 1.29 is 9.90 Å². The average molecular weight is 237 g/mol. The summed E-state index contributed by atoms with van der Waals surface area (Å²) in [6, 6.07) is 3.23. The highest BCUT2D eigenvalue weighted by Gasteiger charge is 2.16. The molecule has 0 heterocycles. The van der Waals surface area contributed by atoms with E-state index < -0.39 is 5.97 Å². The molecule has 0 aliphatic heterocycles. The van der Waals surface area contributed by atoms with Crippen LogP contribution in [0.25, 0.3) is 0 Å². The summed E-state index contributed by atoms with van der Waals surface area (Å²) in [5.41, 5.74) is -0.0322. The summed E-state index contributed by atoms with van der Waals surface area (Å²) in [5.74, 6) is -1.11. The van der Waals surface area contributed by atoms with E-state index in [1.165, 1.54) is 17.8 Å². The second-order valence-electron chi connectivity index (χ2n) is 2.24. The van der Waals surface area contributed by atoms with Crippen LogP contribution in [0.4, 0.5) is 0 Å². The fourth-order valence-electron chi connectivity index (χ4n) is 0.887. The number of halogens is 2. The summed E-state index contributed by atoms with van der Waals surface area (Å²) in [6.45, 7) is 0. The van der Waals surface area contributed by atoms with Crippen molar-refractivity contribution in [1.29, 1.82) is 0 Å². The molecule has 0 amide bonds. The van der Waals surface area contributed by atoms with Gasteiger partial charge in [0, 0.05) is 4.90 Å². The van der Waals surface area contributed by atoms with Crippen LogP contribution in [0.2, 0.25) is 10.0 Å². The summed E-state index contributed by atoms with van der Waals surface area (Å²) in [4.78, 5) is 11.4. The second kappa shape index (κ2) is 4.22. The fraction of sp³-hybridized carbons (Fsp3) is 0.125. The Morgan fingerprint density at radius 1 is 1.46 bits per heavy atom. The molecule has 70 valence electrons. The van der Waals surface area contributed by atoms with Gasteiger partial charge in [-0.1, -0.05) is 23.2 Å². The highest BCUT2D eigenvalue weighted by molar-refractivity contribution is 7.98. The van der Waals surface area contributed by atoms with Gasteiger partial charge in [0.15, 0.2) is 0 Å². The van der Waals surface area contributed by atoms with Gasteiger partial charge in [0.1, 0.15) is 0 Å². The molecule has 13 heavy (non-hydrogen) atoms. The predicted molar refractivity (Wildman–Crippen MR) is 55.2 cm³/mol. The Hall–Kier alpha value is -0.380. The van der Waals surface area contributed by atoms with E-state index in [1.807, 2.05) is 6.26 Å². The van der Waals surface area contributed by atoms with Crippen molar-refractivity contribution in [3.05, 3.63) is 27.7 Å². The molecule has 0 saturated heterocycles. The van der Waals surface area contributed by atoms with E-state index in [-0.39, 0.29) is 15.6 Å². The molecular weight excluding hydrogens is 231 g/mol. The Morgan fingerprint density at radius 3 is 2.54 bits per heavy atom. The molecule has 0 aliphatic carbocycles. The molecule has 1 aromatic carbocycles. The minimum atomic E-state index is -1.11. The lowest BCUT2D eigenvalue weighted by Crippen LogP contribution is -1.99. The molecule has 0 saturated carbocycles. The van der Waals surface area contributed by atoms with Gasteiger partial charge < -0.3 is 5.11 Å². The summed E-state index contributed by atoms with van der Waals surface area (Å²) in [7, 11) is 0. The maximum atomic E-state index is 10.7. The van der Waals surface area contributed by atoms with Crippen molar-refractivity contribution in [3.63, 3.8) is 0 Å². The topological polar surface area (TPSA) is 37.3 Å². The molecule has 0 fully saturated rings. The van der Waals surface area contributed by atoms with Gasteiger partial charge in [0.2, 0.25) is 0 Å². The van der Waals surface area contributed by atoms with Gasteiger partial charge in [-0.05, 0) is 18.4 Å². The summed E-state index contributed by atoms with van der Waals surface area (Å²) < 4.78 is 0. The number of thioether (sulfide) groups is 1. The van der Waals surface area contributed by atoms with E-state index >= 15 is 0 Å². The number of aromatic carboxylic acids is 1. The van der Waals surface area contributed by atoms with Gasteiger partial charge >= 0.3 is 5.97 Å². The number of carbonyl (C=O) groups is 1. The molecular formula is C8H6Cl2O2S. The van der Waals surface area contributed by atoms with Crippen LogP contribution >= 0.6 is 35.0 Å². The number of benzene rings is 1. The third-order valence-electron chi connectivity index (χ3n) is 1.49. The zero-order valence-electron chi connectivity index (χ0n) is 6.67. The third-order valence-corrected chi connectivity index (χ3v) is 3.09. The van der Waals surface area contributed by atoms with Crippen molar-refractivity contribution in [2.45, 2.75) is 4.90 Å². The molecule has 1 aromatic rings. The van der Waals surface area contributed by atoms with Gasteiger partial charge in [0.25, 0.3) is 0 Å². The van der Waals surface area contributed by atoms with E-state index in [0.717, 1.165) is 0 Å². The van der Waals surface area contributed by atoms with Gasteiger partial charge in [0.05, 0.1) is 15.6 Å². The molecule has 5 heteroatoms. The first-order valence-corrected chi connectivity index (χ1v) is 5.31. The van der Waals surface area contributed by atoms with E-state index in [1.54, 1.807) is 6.07 Å².